The molecule has 4 nitrogen and oxygen atoms in total. The molecule has 0 bridgehead atoms. The summed E-state index contributed by atoms with van der Waals surface area (Å²) in [6.45, 7) is 4.12. The van der Waals surface area contributed by atoms with Gasteiger partial charge in [0, 0.05) is 19.6 Å². The van der Waals surface area contributed by atoms with Crippen LogP contribution in [0.1, 0.15) is 12.0 Å². The lowest BCUT2D eigenvalue weighted by Gasteiger charge is -2.32. The second-order valence-corrected chi connectivity index (χ2v) is 4.91. The van der Waals surface area contributed by atoms with Gasteiger partial charge in [0.1, 0.15) is 0 Å². The fourth-order valence-electron chi connectivity index (χ4n) is 2.27. The van der Waals surface area contributed by atoms with Crippen molar-refractivity contribution in [2.24, 2.45) is 0 Å². The molecule has 0 spiro atoms. The first-order chi connectivity index (χ1) is 8.70. The molecule has 4 heteroatoms. The Kier molecular flexibility index (Phi) is 4.06. The Hall–Kier alpha value is -1.73. The third-order valence-corrected chi connectivity index (χ3v) is 3.20. The van der Waals surface area contributed by atoms with E-state index in [0.29, 0.717) is 0 Å². The molecule has 1 N–H and O–H groups in total. The molecule has 0 aliphatic carbocycles. The number of nitrogens with one attached hydrogen (secondary N) is 1. The maximum Gasteiger partial charge on any atom is 0.0992 e. The molecule has 0 aromatic heterocycles. The van der Waals surface area contributed by atoms with Gasteiger partial charge < -0.3 is 15.1 Å². The first-order valence-electron chi connectivity index (χ1n) is 6.38. The Bertz CT molecular complexity index is 448. The van der Waals surface area contributed by atoms with Crippen molar-refractivity contribution < 1.29 is 0 Å². The first-order valence-corrected chi connectivity index (χ1v) is 6.38. The third kappa shape index (κ3) is 2.93. The molecule has 0 atom stereocenters. The van der Waals surface area contributed by atoms with E-state index in [1.807, 2.05) is 18.2 Å². The van der Waals surface area contributed by atoms with Crippen LogP contribution in [0.15, 0.2) is 18.2 Å². The van der Waals surface area contributed by atoms with Crippen molar-refractivity contribution >= 4 is 11.4 Å². The summed E-state index contributed by atoms with van der Waals surface area (Å²) in [4.78, 5) is 4.57. The summed E-state index contributed by atoms with van der Waals surface area (Å²) in [5.41, 5.74) is 3.04. The van der Waals surface area contributed by atoms with E-state index in [-0.39, 0.29) is 0 Å². The maximum atomic E-state index is 8.98. The Balaban J connectivity index is 2.09. The van der Waals surface area contributed by atoms with Crippen LogP contribution in [0.2, 0.25) is 0 Å². The van der Waals surface area contributed by atoms with Gasteiger partial charge >= 0.3 is 0 Å². The largest absolute Gasteiger partial charge is 0.382 e. The van der Waals surface area contributed by atoms with Gasteiger partial charge in [0.05, 0.1) is 23.0 Å². The fraction of sp³-hybridized carbons (Fsp3) is 0.500. The number of nitriles is 1. The lowest BCUT2D eigenvalue weighted by Crippen LogP contribution is -2.35. The smallest absolute Gasteiger partial charge is 0.0992 e. The quantitative estimate of drug-likeness (QED) is 0.876. The molecule has 0 saturated heterocycles. The fourth-order valence-corrected chi connectivity index (χ4v) is 2.27. The van der Waals surface area contributed by atoms with Crippen LogP contribution in [-0.2, 0) is 0 Å². The molecule has 1 aromatic rings. The zero-order chi connectivity index (χ0) is 13.0. The zero-order valence-corrected chi connectivity index (χ0v) is 11.1. The SMILES string of the molecule is CN(C)CCCN1CCNc2ccc(C#N)cc21. The van der Waals surface area contributed by atoms with Crippen molar-refractivity contribution in [1.29, 1.82) is 5.26 Å². The first kappa shape index (κ1) is 12.7. The van der Waals surface area contributed by atoms with Gasteiger partial charge in [-0.1, -0.05) is 0 Å². The summed E-state index contributed by atoms with van der Waals surface area (Å²) in [6, 6.07) is 8.07. The van der Waals surface area contributed by atoms with Crippen LogP contribution in [0.3, 0.4) is 0 Å². The summed E-state index contributed by atoms with van der Waals surface area (Å²) in [5, 5.41) is 12.4. The van der Waals surface area contributed by atoms with E-state index in [4.69, 9.17) is 5.26 Å². The average molecular weight is 244 g/mol. The summed E-state index contributed by atoms with van der Waals surface area (Å²) < 4.78 is 0. The number of nitrogens with zero attached hydrogens (tertiary/aromatic N) is 3. The van der Waals surface area contributed by atoms with Crippen LogP contribution in [0.5, 0.6) is 0 Å². The zero-order valence-electron chi connectivity index (χ0n) is 11.1. The topological polar surface area (TPSA) is 42.3 Å². The lowest BCUT2D eigenvalue weighted by atomic mass is 10.1. The van der Waals surface area contributed by atoms with Crippen molar-refractivity contribution in [2.75, 3.05) is 50.5 Å². The van der Waals surface area contributed by atoms with Crippen LogP contribution in [0, 0.1) is 11.3 Å². The highest BCUT2D eigenvalue weighted by Gasteiger charge is 2.16. The molecule has 1 aromatic carbocycles. The van der Waals surface area contributed by atoms with Gasteiger partial charge in [-0.3, -0.25) is 0 Å². The Morgan fingerprint density at radius 3 is 3.00 bits per heavy atom. The minimum absolute atomic E-state index is 0.732. The molecule has 0 fully saturated rings. The Morgan fingerprint density at radius 2 is 2.28 bits per heavy atom. The molecule has 2 rings (SSSR count). The van der Waals surface area contributed by atoms with Gasteiger partial charge in [0.15, 0.2) is 0 Å². The van der Waals surface area contributed by atoms with E-state index >= 15 is 0 Å². The summed E-state index contributed by atoms with van der Waals surface area (Å²) >= 11 is 0. The highest BCUT2D eigenvalue weighted by atomic mass is 15.2. The van der Waals surface area contributed by atoms with E-state index in [2.05, 4.69) is 35.3 Å². The lowest BCUT2D eigenvalue weighted by molar-refractivity contribution is 0.400. The van der Waals surface area contributed by atoms with Crippen molar-refractivity contribution in [1.82, 2.24) is 4.90 Å². The van der Waals surface area contributed by atoms with Crippen LogP contribution < -0.4 is 10.2 Å². The predicted octanol–water partition coefficient (Wildman–Crippen LogP) is 1.74. The van der Waals surface area contributed by atoms with E-state index in [9.17, 15) is 0 Å². The molecule has 96 valence electrons. The van der Waals surface area contributed by atoms with Crippen LogP contribution >= 0.6 is 0 Å². The Morgan fingerprint density at radius 1 is 1.44 bits per heavy atom. The van der Waals surface area contributed by atoms with E-state index in [1.54, 1.807) is 0 Å². The second kappa shape index (κ2) is 5.74. The number of rotatable bonds is 4. The average Bonchev–Trinajstić information content (AvgIpc) is 2.38. The van der Waals surface area contributed by atoms with Gasteiger partial charge in [-0.2, -0.15) is 5.26 Å². The number of fused-ring (bicyclic) bond motifs is 1. The van der Waals surface area contributed by atoms with Crippen molar-refractivity contribution in [3.05, 3.63) is 23.8 Å². The van der Waals surface area contributed by atoms with E-state index in [1.165, 1.54) is 5.69 Å². The Labute approximate surface area is 109 Å². The third-order valence-electron chi connectivity index (χ3n) is 3.20. The molecular formula is C14H20N4. The van der Waals surface area contributed by atoms with E-state index < -0.39 is 0 Å². The number of benzene rings is 1. The number of anilines is 2. The van der Waals surface area contributed by atoms with Gasteiger partial charge in [-0.15, -0.1) is 0 Å². The number of hydrogen-bond donors (Lipinski definition) is 1. The van der Waals surface area contributed by atoms with Gasteiger partial charge in [0.25, 0.3) is 0 Å². The molecule has 18 heavy (non-hydrogen) atoms. The van der Waals surface area contributed by atoms with Gasteiger partial charge in [-0.25, -0.2) is 0 Å². The van der Waals surface area contributed by atoms with Crippen LogP contribution in [0.25, 0.3) is 0 Å². The van der Waals surface area contributed by atoms with Crippen LogP contribution in [0.4, 0.5) is 11.4 Å². The summed E-state index contributed by atoms with van der Waals surface area (Å²) in [7, 11) is 4.19. The molecule has 1 heterocycles. The highest BCUT2D eigenvalue weighted by Crippen LogP contribution is 2.29. The van der Waals surface area contributed by atoms with Crippen LogP contribution in [-0.4, -0.2) is 45.2 Å². The summed E-state index contributed by atoms with van der Waals surface area (Å²) in [6.07, 6.45) is 1.14. The second-order valence-electron chi connectivity index (χ2n) is 4.91. The molecule has 1 aliphatic heterocycles. The molecule has 0 amide bonds. The molecular weight excluding hydrogens is 224 g/mol. The monoisotopic (exact) mass is 244 g/mol. The summed E-state index contributed by atoms with van der Waals surface area (Å²) in [5.74, 6) is 0. The van der Waals surface area contributed by atoms with Gasteiger partial charge in [-0.05, 0) is 45.3 Å². The van der Waals surface area contributed by atoms with Gasteiger partial charge in [0.2, 0.25) is 0 Å². The molecule has 0 unspecified atom stereocenters. The maximum absolute atomic E-state index is 8.98. The molecule has 0 saturated carbocycles. The normalized spacial score (nSPS) is 14.0. The van der Waals surface area contributed by atoms with Crippen molar-refractivity contribution in [3.8, 4) is 6.07 Å². The molecule has 0 radical (unpaired) electrons. The predicted molar refractivity (Wildman–Crippen MR) is 75.0 cm³/mol. The van der Waals surface area contributed by atoms with E-state index in [0.717, 1.165) is 43.9 Å². The molecule has 1 aliphatic rings. The minimum atomic E-state index is 0.732. The van der Waals surface area contributed by atoms with Crippen molar-refractivity contribution in [3.63, 3.8) is 0 Å². The standard InChI is InChI=1S/C14H20N4/c1-17(2)7-3-8-18-9-6-16-13-5-4-12(11-15)10-14(13)18/h4-5,10,16H,3,6-9H2,1-2H3. The highest BCUT2D eigenvalue weighted by molar-refractivity contribution is 5.73. The van der Waals surface area contributed by atoms with Crippen molar-refractivity contribution in [2.45, 2.75) is 6.42 Å². The number of hydrogen-bond acceptors (Lipinski definition) is 4. The minimum Gasteiger partial charge on any atom is -0.382 e.